The molecule has 2 aliphatic rings. The maximum absolute atomic E-state index is 2.41. The van der Waals surface area contributed by atoms with Gasteiger partial charge < -0.3 is 49.6 Å². The van der Waals surface area contributed by atoms with E-state index in [9.17, 15) is 0 Å². The van der Waals surface area contributed by atoms with Gasteiger partial charge >= 0.3 is 18.6 Å². The fourth-order valence-electron chi connectivity index (χ4n) is 2.34. The third-order valence-corrected chi connectivity index (χ3v) is 3.25. The molecule has 0 N–H and O–H groups in total. The minimum absolute atomic E-state index is 0. The van der Waals surface area contributed by atoms with Crippen molar-refractivity contribution < 1.29 is 68.2 Å². The number of allylic oxidation sites excluding steroid dienone is 8. The van der Waals surface area contributed by atoms with Gasteiger partial charge in [0.2, 0.25) is 0 Å². The van der Waals surface area contributed by atoms with Crippen LogP contribution in [0.2, 0.25) is 0 Å². The Labute approximate surface area is 160 Å². The summed E-state index contributed by atoms with van der Waals surface area (Å²) in [5.41, 5.74) is 6.10. The molecule has 0 atom stereocenters. The molecule has 0 aromatic rings. The van der Waals surface area contributed by atoms with E-state index in [1.54, 1.807) is 0 Å². The molecule has 20 heavy (non-hydrogen) atoms. The average Bonchev–Trinajstić information content (AvgIpc) is 2.87. The fourth-order valence-corrected chi connectivity index (χ4v) is 2.34. The topological polar surface area (TPSA) is 0 Å². The van der Waals surface area contributed by atoms with Crippen LogP contribution in [0.4, 0.5) is 0 Å². The molecule has 0 fully saturated rings. The summed E-state index contributed by atoms with van der Waals surface area (Å²) in [7, 11) is 0. The van der Waals surface area contributed by atoms with Crippen molar-refractivity contribution in [2.45, 2.75) is 39.5 Å². The maximum atomic E-state index is 2.41. The first kappa shape index (κ1) is 28.7. The Bertz CT molecular complexity index is 345. The number of rotatable bonds is 4. The molecule has 0 aromatic heterocycles. The summed E-state index contributed by atoms with van der Waals surface area (Å²) in [5.74, 6) is 0. The number of hydrogen-bond acceptors (Lipinski definition) is 0. The number of hydrogen-bond donors (Lipinski definition) is 0. The Morgan fingerprint density at radius 2 is 1.15 bits per heavy atom. The van der Waals surface area contributed by atoms with Crippen LogP contribution in [0.3, 0.4) is 0 Å². The van der Waals surface area contributed by atoms with Gasteiger partial charge in [0.25, 0.3) is 0 Å². The van der Waals surface area contributed by atoms with Crippen molar-refractivity contribution in [2.75, 3.05) is 0 Å². The van der Waals surface area contributed by atoms with Crippen LogP contribution in [0.5, 0.6) is 0 Å². The van der Waals surface area contributed by atoms with Crippen LogP contribution in [0.25, 0.3) is 0 Å². The van der Waals surface area contributed by atoms with E-state index in [1.807, 2.05) is 0 Å². The van der Waals surface area contributed by atoms with Gasteiger partial charge in [-0.25, -0.2) is 0 Å². The summed E-state index contributed by atoms with van der Waals surface area (Å²) >= 11 is 0. The Morgan fingerprint density at radius 1 is 0.800 bits per heavy atom. The Balaban J connectivity index is -0.000000256. The Kier molecular flexibility index (Phi) is 20.8. The second kappa shape index (κ2) is 14.5. The third kappa shape index (κ3) is 7.03. The summed E-state index contributed by atoms with van der Waals surface area (Å²) in [4.78, 5) is 0. The van der Waals surface area contributed by atoms with E-state index in [2.05, 4.69) is 44.6 Å². The molecule has 0 aromatic carbocycles. The van der Waals surface area contributed by atoms with Gasteiger partial charge in [-0.2, -0.15) is 6.42 Å². The van der Waals surface area contributed by atoms with Crippen molar-refractivity contribution in [1.82, 2.24) is 0 Å². The molecule has 0 saturated heterocycles. The molecule has 113 valence electrons. The zero-order chi connectivity index (χ0) is 10.7. The van der Waals surface area contributed by atoms with Crippen LogP contribution in [0.15, 0.2) is 46.6 Å². The van der Waals surface area contributed by atoms with E-state index in [-0.39, 0.29) is 68.2 Å². The largest absolute Gasteiger partial charge is 4.00 e. The van der Waals surface area contributed by atoms with Gasteiger partial charge in [-0.05, 0) is 12.8 Å². The molecular formula is C15H19Cl4V-. The smallest absolute Gasteiger partial charge is 1.00 e. The van der Waals surface area contributed by atoms with Crippen LogP contribution in [0.1, 0.15) is 39.5 Å². The van der Waals surface area contributed by atoms with E-state index in [4.69, 9.17) is 0 Å². The Morgan fingerprint density at radius 3 is 1.45 bits per heavy atom. The Hall–Kier alpha value is 0.574. The standard InChI is InChI=1S/C15H19.4ClH.V/c1-3-12-7-5-9-14(12)11-15-10-6-8-13(15)4-2;;;;;/h5-8,11H,3-4,9-10H2,1-2H3;4*1H;/q-1;;;;;+4/p-4. The summed E-state index contributed by atoms with van der Waals surface area (Å²) < 4.78 is 0. The molecule has 5 heteroatoms. The summed E-state index contributed by atoms with van der Waals surface area (Å²) in [6.07, 6.45) is 16.1. The van der Waals surface area contributed by atoms with Crippen molar-refractivity contribution >= 4 is 0 Å². The molecule has 0 aliphatic heterocycles. The molecule has 2 aliphatic carbocycles. The zero-order valence-corrected chi connectivity index (χ0v) is 16.1. The average molecular weight is 392 g/mol. The SMILES string of the molecule is CCC1=C([CH-]C2=C(CC)C=CC2)CC=C1.[Cl-].[Cl-].[Cl-].[Cl-].[V+4]. The van der Waals surface area contributed by atoms with E-state index >= 15 is 0 Å². The molecule has 0 saturated carbocycles. The van der Waals surface area contributed by atoms with Crippen molar-refractivity contribution in [2.24, 2.45) is 0 Å². The predicted octanol–water partition coefficient (Wildman–Crippen LogP) is -7.46. The van der Waals surface area contributed by atoms with Crippen molar-refractivity contribution in [1.29, 1.82) is 0 Å². The summed E-state index contributed by atoms with van der Waals surface area (Å²) in [6, 6.07) is 0. The predicted molar refractivity (Wildman–Crippen MR) is 66.4 cm³/mol. The fraction of sp³-hybridized carbons (Fsp3) is 0.400. The molecule has 0 nitrogen and oxygen atoms in total. The van der Waals surface area contributed by atoms with E-state index in [1.165, 1.54) is 22.3 Å². The maximum Gasteiger partial charge on any atom is 4.00 e. The zero-order valence-electron chi connectivity index (χ0n) is 11.7. The molecule has 0 unspecified atom stereocenters. The minimum Gasteiger partial charge on any atom is -1.00 e. The van der Waals surface area contributed by atoms with Crippen molar-refractivity contribution in [3.05, 3.63) is 53.0 Å². The van der Waals surface area contributed by atoms with Crippen LogP contribution in [0, 0.1) is 6.42 Å². The number of halogens is 4. The minimum atomic E-state index is 0. The molecule has 0 spiro atoms. The van der Waals surface area contributed by atoms with Gasteiger partial charge in [-0.15, -0.1) is 34.4 Å². The van der Waals surface area contributed by atoms with Crippen molar-refractivity contribution in [3.8, 4) is 0 Å². The second-order valence-corrected chi connectivity index (χ2v) is 4.17. The molecule has 0 bridgehead atoms. The van der Waals surface area contributed by atoms with Gasteiger partial charge in [0, 0.05) is 0 Å². The van der Waals surface area contributed by atoms with Crippen LogP contribution in [-0.4, -0.2) is 0 Å². The summed E-state index contributed by atoms with van der Waals surface area (Å²) in [6.45, 7) is 4.47. The second-order valence-electron chi connectivity index (χ2n) is 4.17. The van der Waals surface area contributed by atoms with Gasteiger partial charge in [0.05, 0.1) is 0 Å². The molecule has 2 rings (SSSR count). The molecule has 0 heterocycles. The summed E-state index contributed by atoms with van der Waals surface area (Å²) in [5, 5.41) is 0. The van der Waals surface area contributed by atoms with Gasteiger partial charge in [-0.1, -0.05) is 38.8 Å². The van der Waals surface area contributed by atoms with Crippen molar-refractivity contribution in [3.63, 3.8) is 0 Å². The van der Waals surface area contributed by atoms with E-state index < -0.39 is 0 Å². The van der Waals surface area contributed by atoms with Gasteiger partial charge in [0.15, 0.2) is 0 Å². The van der Waals surface area contributed by atoms with Crippen LogP contribution >= 0.6 is 0 Å². The third-order valence-electron chi connectivity index (χ3n) is 3.25. The first-order valence-electron chi connectivity index (χ1n) is 5.97. The molecule has 1 radical (unpaired) electrons. The van der Waals surface area contributed by atoms with Gasteiger partial charge in [0.1, 0.15) is 0 Å². The normalized spacial score (nSPS) is 14.7. The van der Waals surface area contributed by atoms with Gasteiger partial charge in [-0.3, -0.25) is 0 Å². The van der Waals surface area contributed by atoms with E-state index in [0.29, 0.717) is 0 Å². The molecule has 0 amide bonds. The first-order chi connectivity index (χ1) is 7.35. The van der Waals surface area contributed by atoms with E-state index in [0.717, 1.165) is 25.7 Å². The molecular weight excluding hydrogens is 373 g/mol. The monoisotopic (exact) mass is 390 g/mol. The van der Waals surface area contributed by atoms with Crippen LogP contribution < -0.4 is 49.6 Å². The first-order valence-corrected chi connectivity index (χ1v) is 5.97. The quantitative estimate of drug-likeness (QED) is 0.418. The van der Waals surface area contributed by atoms with Crippen LogP contribution in [-0.2, 0) is 18.6 Å².